The third-order valence-corrected chi connectivity index (χ3v) is 9.32. The van der Waals surface area contributed by atoms with Crippen LogP contribution in [0.5, 0.6) is 0 Å². The van der Waals surface area contributed by atoms with E-state index in [0.717, 1.165) is 17.5 Å². The molecule has 2 aromatic rings. The molecule has 7 heteroatoms. The van der Waals surface area contributed by atoms with Gasteiger partial charge >= 0.3 is 0 Å². The maximum absolute atomic E-state index is 13.7. The van der Waals surface area contributed by atoms with Gasteiger partial charge in [0, 0.05) is 18.2 Å². The molecule has 6 nitrogen and oxygen atoms in total. The Morgan fingerprint density at radius 3 is 2.42 bits per heavy atom. The van der Waals surface area contributed by atoms with Crippen molar-refractivity contribution in [2.75, 3.05) is 5.32 Å². The molecule has 2 aromatic carbocycles. The summed E-state index contributed by atoms with van der Waals surface area (Å²) in [6.45, 7) is 7.65. The van der Waals surface area contributed by atoms with Gasteiger partial charge in [0.1, 0.15) is 0 Å². The van der Waals surface area contributed by atoms with Crippen LogP contribution in [0.15, 0.2) is 47.4 Å². The molecule has 1 aliphatic carbocycles. The van der Waals surface area contributed by atoms with Crippen molar-refractivity contribution >= 4 is 27.3 Å². The highest BCUT2D eigenvalue weighted by atomic mass is 32.2. The molecule has 178 valence electrons. The average molecular weight is 471 g/mol. The van der Waals surface area contributed by atoms with Crippen LogP contribution in [0.3, 0.4) is 0 Å². The van der Waals surface area contributed by atoms with Crippen LogP contribution in [-0.2, 0) is 26.0 Å². The molecule has 1 atom stereocenters. The summed E-state index contributed by atoms with van der Waals surface area (Å²) in [6, 6.07) is 12.6. The van der Waals surface area contributed by atoms with Gasteiger partial charge in [0.25, 0.3) is 0 Å². The number of hydrogen-bond donors (Lipinski definition) is 2. The lowest BCUT2D eigenvalue weighted by molar-refractivity contribution is -0.123. The molecule has 1 fully saturated rings. The first-order chi connectivity index (χ1) is 15.6. The van der Waals surface area contributed by atoms with E-state index < -0.39 is 20.5 Å². The molecule has 0 heterocycles. The Labute approximate surface area is 197 Å². The molecule has 0 spiro atoms. The van der Waals surface area contributed by atoms with Gasteiger partial charge in [0.15, 0.2) is 14.6 Å². The van der Waals surface area contributed by atoms with Gasteiger partial charge in [-0.25, -0.2) is 8.42 Å². The van der Waals surface area contributed by atoms with E-state index >= 15 is 0 Å². The Balaban J connectivity index is 1.80. The number of anilines is 1. The van der Waals surface area contributed by atoms with Gasteiger partial charge < -0.3 is 10.6 Å². The zero-order valence-corrected chi connectivity index (χ0v) is 20.7. The van der Waals surface area contributed by atoms with Crippen molar-refractivity contribution in [2.24, 2.45) is 5.92 Å². The fraction of sp³-hybridized carbons (Fsp3) is 0.462. The first-order valence-corrected chi connectivity index (χ1v) is 13.1. The Hall–Kier alpha value is -2.67. The van der Waals surface area contributed by atoms with Crippen molar-refractivity contribution in [2.45, 2.75) is 76.0 Å². The predicted octanol–water partition coefficient (Wildman–Crippen LogP) is 4.69. The summed E-state index contributed by atoms with van der Waals surface area (Å²) in [5, 5.41) is 5.77. The largest absolute Gasteiger partial charge is 0.351 e. The number of sulfone groups is 1. The maximum Gasteiger partial charge on any atom is 0.242 e. The van der Waals surface area contributed by atoms with Gasteiger partial charge in [0.2, 0.25) is 11.8 Å². The molecule has 2 N–H and O–H groups in total. The average Bonchev–Trinajstić information content (AvgIpc) is 3.30. The number of rotatable bonds is 8. The first-order valence-electron chi connectivity index (χ1n) is 11.6. The Morgan fingerprint density at radius 1 is 1.06 bits per heavy atom. The minimum absolute atomic E-state index is 0.0526. The molecule has 0 aliphatic heterocycles. The van der Waals surface area contributed by atoms with Gasteiger partial charge in [-0.15, -0.1) is 0 Å². The number of hydrogen-bond acceptors (Lipinski definition) is 4. The topological polar surface area (TPSA) is 92.3 Å². The molecule has 0 saturated heterocycles. The van der Waals surface area contributed by atoms with Crippen molar-refractivity contribution in [3.05, 3.63) is 59.2 Å². The molecule has 0 bridgehead atoms. The second kappa shape index (κ2) is 10.1. The molecule has 3 rings (SSSR count). The number of carbonyl (C=O) groups excluding carboxylic acids is 2. The normalized spacial score (nSPS) is 16.2. The highest BCUT2D eigenvalue weighted by Crippen LogP contribution is 2.41. The second-order valence-corrected chi connectivity index (χ2v) is 11.4. The molecule has 1 unspecified atom stereocenters. The lowest BCUT2D eigenvalue weighted by Crippen LogP contribution is -2.50. The first kappa shape index (κ1) is 25.0. The lowest BCUT2D eigenvalue weighted by atomic mass is 10.1. The van der Waals surface area contributed by atoms with Crippen LogP contribution in [0.2, 0.25) is 0 Å². The van der Waals surface area contributed by atoms with Crippen molar-refractivity contribution in [1.29, 1.82) is 0 Å². The zero-order valence-electron chi connectivity index (χ0n) is 19.9. The Morgan fingerprint density at radius 2 is 1.76 bits per heavy atom. The van der Waals surface area contributed by atoms with E-state index in [4.69, 9.17) is 0 Å². The predicted molar refractivity (Wildman–Crippen MR) is 131 cm³/mol. The van der Waals surface area contributed by atoms with Crippen LogP contribution in [0, 0.1) is 19.8 Å². The van der Waals surface area contributed by atoms with Crippen molar-refractivity contribution in [3.8, 4) is 0 Å². The number of benzene rings is 2. The molecule has 33 heavy (non-hydrogen) atoms. The van der Waals surface area contributed by atoms with Gasteiger partial charge in [-0.2, -0.15) is 0 Å². The molecule has 1 aliphatic rings. The van der Waals surface area contributed by atoms with E-state index in [2.05, 4.69) is 10.6 Å². The zero-order chi connectivity index (χ0) is 24.2. The summed E-state index contributed by atoms with van der Waals surface area (Å²) in [7, 11) is -3.86. The highest BCUT2D eigenvalue weighted by Gasteiger charge is 2.53. The third-order valence-electron chi connectivity index (χ3n) is 6.68. The molecule has 0 radical (unpaired) electrons. The van der Waals surface area contributed by atoms with Crippen LogP contribution in [0.1, 0.15) is 62.6 Å². The number of carbonyl (C=O) groups is 2. The van der Waals surface area contributed by atoms with Crippen LogP contribution in [-0.4, -0.2) is 25.0 Å². The summed E-state index contributed by atoms with van der Waals surface area (Å²) in [4.78, 5) is 25.8. The van der Waals surface area contributed by atoms with E-state index in [-0.39, 0.29) is 23.3 Å². The summed E-state index contributed by atoms with van der Waals surface area (Å²) in [5.74, 6) is -0.593. The quantitative estimate of drug-likeness (QED) is 0.585. The third kappa shape index (κ3) is 5.13. The van der Waals surface area contributed by atoms with Crippen molar-refractivity contribution in [3.63, 3.8) is 0 Å². The maximum atomic E-state index is 13.7. The highest BCUT2D eigenvalue weighted by molar-refractivity contribution is 7.93. The van der Waals surface area contributed by atoms with E-state index in [1.54, 1.807) is 31.2 Å². The molecule has 0 aromatic heterocycles. The molecule has 1 saturated carbocycles. The second-order valence-electron chi connectivity index (χ2n) is 9.16. The molecule has 2 amide bonds. The van der Waals surface area contributed by atoms with Crippen LogP contribution in [0.25, 0.3) is 0 Å². The number of aryl methyl sites for hydroxylation is 2. The Kier molecular flexibility index (Phi) is 7.62. The van der Waals surface area contributed by atoms with Gasteiger partial charge in [-0.05, 0) is 68.0 Å². The van der Waals surface area contributed by atoms with E-state index in [9.17, 15) is 18.0 Å². The van der Waals surface area contributed by atoms with E-state index in [1.165, 1.54) is 0 Å². The van der Waals surface area contributed by atoms with Gasteiger partial charge in [-0.3, -0.25) is 9.59 Å². The minimum atomic E-state index is -3.86. The summed E-state index contributed by atoms with van der Waals surface area (Å²) < 4.78 is 26.0. The standard InChI is InChI=1S/C26H34N2O4S/c1-5-19(3)24(29)28-22-10-8-9-21(16-22)17-27-25(30)26(13-6-7-14-26)33(31,32)23-15-18(2)11-12-20(23)4/h8-12,15-16,19H,5-7,13-14,17H2,1-4H3,(H,27,30)(H,28,29). The van der Waals surface area contributed by atoms with Crippen LogP contribution >= 0.6 is 0 Å². The minimum Gasteiger partial charge on any atom is -0.351 e. The number of amides is 2. The van der Waals surface area contributed by atoms with E-state index in [1.807, 2.05) is 39.0 Å². The van der Waals surface area contributed by atoms with E-state index in [0.29, 0.717) is 36.9 Å². The Bertz CT molecular complexity index is 1130. The fourth-order valence-corrected chi connectivity index (χ4v) is 6.72. The summed E-state index contributed by atoms with van der Waals surface area (Å²) in [5.41, 5.74) is 2.96. The molecular weight excluding hydrogens is 436 g/mol. The van der Waals surface area contributed by atoms with Crippen LogP contribution in [0.4, 0.5) is 5.69 Å². The smallest absolute Gasteiger partial charge is 0.242 e. The van der Waals surface area contributed by atoms with Gasteiger partial charge in [-0.1, -0.05) is 51.0 Å². The lowest BCUT2D eigenvalue weighted by Gasteiger charge is -2.28. The summed E-state index contributed by atoms with van der Waals surface area (Å²) >= 11 is 0. The SMILES string of the molecule is CCC(C)C(=O)Nc1cccc(CNC(=O)C2(S(=O)(=O)c3cc(C)ccc3C)CCCC2)c1. The van der Waals surface area contributed by atoms with Crippen molar-refractivity contribution in [1.82, 2.24) is 5.32 Å². The van der Waals surface area contributed by atoms with Crippen LogP contribution < -0.4 is 10.6 Å². The monoisotopic (exact) mass is 470 g/mol. The fourth-order valence-electron chi connectivity index (χ4n) is 4.32. The molecular formula is C26H34N2O4S. The number of nitrogens with one attached hydrogen (secondary N) is 2. The van der Waals surface area contributed by atoms with Crippen molar-refractivity contribution < 1.29 is 18.0 Å². The summed E-state index contributed by atoms with van der Waals surface area (Å²) in [6.07, 6.45) is 2.79. The van der Waals surface area contributed by atoms with Gasteiger partial charge in [0.05, 0.1) is 4.90 Å².